The van der Waals surface area contributed by atoms with Crippen molar-refractivity contribution in [2.75, 3.05) is 11.9 Å². The van der Waals surface area contributed by atoms with Crippen molar-refractivity contribution in [1.82, 2.24) is 0 Å². The third-order valence-corrected chi connectivity index (χ3v) is 3.87. The van der Waals surface area contributed by atoms with E-state index in [2.05, 4.69) is 5.32 Å². The van der Waals surface area contributed by atoms with Crippen LogP contribution < -0.4 is 10.1 Å². The number of halogens is 1. The summed E-state index contributed by atoms with van der Waals surface area (Å²) >= 11 is 5.74. The molecule has 0 aliphatic carbocycles. The molecule has 0 aromatic heterocycles. The molecule has 24 heavy (non-hydrogen) atoms. The van der Waals surface area contributed by atoms with E-state index in [4.69, 9.17) is 16.3 Å². The van der Waals surface area contributed by atoms with Crippen LogP contribution in [0, 0.1) is 30.9 Å². The third-order valence-electron chi connectivity index (χ3n) is 3.55. The van der Waals surface area contributed by atoms with E-state index in [1.165, 1.54) is 18.2 Å². The maximum absolute atomic E-state index is 12.0. The Morgan fingerprint density at radius 3 is 2.62 bits per heavy atom. The normalized spacial score (nSPS) is 10.3. The van der Waals surface area contributed by atoms with Gasteiger partial charge in [-0.2, -0.15) is 0 Å². The van der Waals surface area contributed by atoms with E-state index >= 15 is 0 Å². The molecular formula is C17H17ClN2O4. The number of ether oxygens (including phenoxy) is 1. The lowest BCUT2D eigenvalue weighted by Crippen LogP contribution is -2.20. The third kappa shape index (κ3) is 4.23. The van der Waals surface area contributed by atoms with Gasteiger partial charge in [-0.3, -0.25) is 14.9 Å². The van der Waals surface area contributed by atoms with Gasteiger partial charge >= 0.3 is 0 Å². The minimum atomic E-state index is -0.604. The number of rotatable bonds is 5. The van der Waals surface area contributed by atoms with Crippen molar-refractivity contribution >= 4 is 28.9 Å². The molecule has 0 aliphatic heterocycles. The summed E-state index contributed by atoms with van der Waals surface area (Å²) in [5.41, 5.74) is 3.12. The summed E-state index contributed by atoms with van der Waals surface area (Å²) in [6.45, 7) is 5.65. The predicted octanol–water partition coefficient (Wildman–Crippen LogP) is 4.19. The highest BCUT2D eigenvalue weighted by Crippen LogP contribution is 2.27. The van der Waals surface area contributed by atoms with Crippen molar-refractivity contribution in [1.29, 1.82) is 0 Å². The Bertz CT molecular complexity index is 805. The van der Waals surface area contributed by atoms with Crippen molar-refractivity contribution in [3.8, 4) is 5.75 Å². The predicted molar refractivity (Wildman–Crippen MR) is 92.9 cm³/mol. The Labute approximate surface area is 144 Å². The van der Waals surface area contributed by atoms with Gasteiger partial charge in [0.05, 0.1) is 4.92 Å². The summed E-state index contributed by atoms with van der Waals surface area (Å²) in [6, 6.07) is 7.97. The van der Waals surface area contributed by atoms with Gasteiger partial charge in [0.25, 0.3) is 11.6 Å². The number of amides is 1. The van der Waals surface area contributed by atoms with Crippen LogP contribution in [0.15, 0.2) is 30.3 Å². The Morgan fingerprint density at radius 1 is 1.25 bits per heavy atom. The van der Waals surface area contributed by atoms with Crippen molar-refractivity contribution in [3.05, 3.63) is 62.2 Å². The van der Waals surface area contributed by atoms with E-state index in [9.17, 15) is 14.9 Å². The van der Waals surface area contributed by atoms with Crippen LogP contribution in [0.2, 0.25) is 5.02 Å². The molecule has 2 aromatic carbocycles. The van der Waals surface area contributed by atoms with Crippen LogP contribution >= 0.6 is 11.6 Å². The van der Waals surface area contributed by atoms with E-state index in [0.717, 1.165) is 16.7 Å². The molecule has 1 N–H and O–H groups in total. The van der Waals surface area contributed by atoms with E-state index in [1.54, 1.807) is 0 Å². The number of hydrogen-bond acceptors (Lipinski definition) is 4. The molecule has 0 saturated heterocycles. The van der Waals surface area contributed by atoms with Crippen molar-refractivity contribution in [2.45, 2.75) is 20.8 Å². The first-order chi connectivity index (χ1) is 11.3. The minimum Gasteiger partial charge on any atom is -0.483 e. The number of nitro groups is 1. The van der Waals surface area contributed by atoms with Gasteiger partial charge in [-0.1, -0.05) is 17.7 Å². The largest absolute Gasteiger partial charge is 0.483 e. The van der Waals surface area contributed by atoms with Gasteiger partial charge in [-0.15, -0.1) is 0 Å². The fourth-order valence-corrected chi connectivity index (χ4v) is 2.41. The Hall–Kier alpha value is -2.60. The Kier molecular flexibility index (Phi) is 5.41. The average molecular weight is 349 g/mol. The number of hydrogen-bond donors (Lipinski definition) is 1. The molecule has 1 amide bonds. The molecule has 0 spiro atoms. The molecule has 2 rings (SSSR count). The van der Waals surface area contributed by atoms with Crippen molar-refractivity contribution in [3.63, 3.8) is 0 Å². The SMILES string of the molecule is Cc1cc(C)c(C)c(OCC(=O)Nc2ccc(Cl)c([N+](=O)[O-])c2)c1. The molecular weight excluding hydrogens is 332 g/mol. The molecule has 0 unspecified atom stereocenters. The summed E-state index contributed by atoms with van der Waals surface area (Å²) < 4.78 is 5.56. The molecule has 0 aliphatic rings. The first-order valence-corrected chi connectivity index (χ1v) is 7.60. The second-order valence-electron chi connectivity index (χ2n) is 5.47. The monoisotopic (exact) mass is 348 g/mol. The standard InChI is InChI=1S/C17H17ClN2O4/c1-10-6-11(2)12(3)16(7-10)24-9-17(21)19-13-4-5-14(18)15(8-13)20(22)23/h4-8H,9H2,1-3H3,(H,19,21). The molecule has 2 aromatic rings. The van der Waals surface area contributed by atoms with Crippen LogP contribution in [0.5, 0.6) is 5.75 Å². The van der Waals surface area contributed by atoms with Crippen LogP contribution in [0.1, 0.15) is 16.7 Å². The molecule has 126 valence electrons. The minimum absolute atomic E-state index is 0.0140. The van der Waals surface area contributed by atoms with Crippen molar-refractivity contribution < 1.29 is 14.5 Å². The molecule has 0 saturated carbocycles. The van der Waals surface area contributed by atoms with Crippen LogP contribution in [0.25, 0.3) is 0 Å². The zero-order valence-corrected chi connectivity index (χ0v) is 14.3. The number of nitrogens with one attached hydrogen (secondary N) is 1. The van der Waals surface area contributed by atoms with Crippen LogP contribution in [-0.2, 0) is 4.79 Å². The van der Waals surface area contributed by atoms with Gasteiger partial charge in [0, 0.05) is 11.8 Å². The van der Waals surface area contributed by atoms with E-state index in [1.807, 2.05) is 32.9 Å². The quantitative estimate of drug-likeness (QED) is 0.648. The first-order valence-electron chi connectivity index (χ1n) is 7.22. The number of nitrogens with zero attached hydrogens (tertiary/aromatic N) is 1. The zero-order chi connectivity index (χ0) is 17.9. The topological polar surface area (TPSA) is 81.5 Å². The summed E-state index contributed by atoms with van der Waals surface area (Å²) in [5.74, 6) is 0.231. The second-order valence-corrected chi connectivity index (χ2v) is 5.87. The van der Waals surface area contributed by atoms with Gasteiger partial charge in [-0.05, 0) is 55.7 Å². The molecule has 0 heterocycles. The number of carbonyl (C=O) groups excluding carboxylic acids is 1. The molecule has 0 fully saturated rings. The first kappa shape index (κ1) is 17.7. The lowest BCUT2D eigenvalue weighted by Gasteiger charge is -2.12. The maximum atomic E-state index is 12.0. The van der Waals surface area contributed by atoms with E-state index < -0.39 is 10.8 Å². The van der Waals surface area contributed by atoms with Crippen LogP contribution in [0.4, 0.5) is 11.4 Å². The number of anilines is 1. The summed E-state index contributed by atoms with van der Waals surface area (Å²) in [7, 11) is 0. The van der Waals surface area contributed by atoms with Gasteiger partial charge in [0.2, 0.25) is 0 Å². The Morgan fingerprint density at radius 2 is 1.96 bits per heavy atom. The highest BCUT2D eigenvalue weighted by atomic mass is 35.5. The second kappa shape index (κ2) is 7.31. The number of aryl methyl sites for hydroxylation is 2. The molecule has 0 atom stereocenters. The average Bonchev–Trinajstić information content (AvgIpc) is 2.51. The summed E-state index contributed by atoms with van der Waals surface area (Å²) in [6.07, 6.45) is 0. The van der Waals surface area contributed by atoms with Crippen molar-refractivity contribution in [2.24, 2.45) is 0 Å². The lowest BCUT2D eigenvalue weighted by molar-refractivity contribution is -0.384. The number of carbonyl (C=O) groups is 1. The van der Waals surface area contributed by atoms with Crippen LogP contribution in [0.3, 0.4) is 0 Å². The number of benzene rings is 2. The molecule has 6 nitrogen and oxygen atoms in total. The highest BCUT2D eigenvalue weighted by molar-refractivity contribution is 6.32. The maximum Gasteiger partial charge on any atom is 0.289 e. The smallest absolute Gasteiger partial charge is 0.289 e. The van der Waals surface area contributed by atoms with Gasteiger partial charge < -0.3 is 10.1 Å². The lowest BCUT2D eigenvalue weighted by atomic mass is 10.1. The fourth-order valence-electron chi connectivity index (χ4n) is 2.22. The fraction of sp³-hybridized carbons (Fsp3) is 0.235. The van der Waals surface area contributed by atoms with Gasteiger partial charge in [0.15, 0.2) is 6.61 Å². The molecule has 0 radical (unpaired) electrons. The zero-order valence-electron chi connectivity index (χ0n) is 13.6. The number of nitro benzene ring substituents is 1. The van der Waals surface area contributed by atoms with E-state index in [-0.39, 0.29) is 23.0 Å². The molecule has 7 heteroatoms. The van der Waals surface area contributed by atoms with Gasteiger partial charge in [-0.25, -0.2) is 0 Å². The Balaban J connectivity index is 2.04. The van der Waals surface area contributed by atoms with E-state index in [0.29, 0.717) is 5.75 Å². The summed E-state index contributed by atoms with van der Waals surface area (Å²) in [4.78, 5) is 22.2. The highest BCUT2D eigenvalue weighted by Gasteiger charge is 2.14. The van der Waals surface area contributed by atoms with Crippen LogP contribution in [-0.4, -0.2) is 17.4 Å². The van der Waals surface area contributed by atoms with Gasteiger partial charge in [0.1, 0.15) is 10.8 Å². The summed E-state index contributed by atoms with van der Waals surface area (Å²) in [5, 5.41) is 13.4. The molecule has 0 bridgehead atoms.